The Morgan fingerprint density at radius 1 is 1.00 bits per heavy atom. The Morgan fingerprint density at radius 2 is 1.65 bits per heavy atom. The molecule has 0 bridgehead atoms. The molecule has 0 atom stereocenters. The number of carbonyl (C=O) groups excluding carboxylic acids is 1. The van der Waals surface area contributed by atoms with Crippen LogP contribution in [0.3, 0.4) is 0 Å². The minimum Gasteiger partial charge on any atom is -0.507 e. The molecule has 1 N–H and O–H groups in total. The lowest BCUT2D eigenvalue weighted by Crippen LogP contribution is -2.25. The van der Waals surface area contributed by atoms with Crippen molar-refractivity contribution in [2.75, 3.05) is 0 Å². The van der Waals surface area contributed by atoms with Crippen LogP contribution in [0.1, 0.15) is 10.4 Å². The number of phenols is 1. The monoisotopic (exact) mass is 466 g/mol. The summed E-state index contributed by atoms with van der Waals surface area (Å²) in [6, 6.07) is 7.06. The predicted octanol–water partition coefficient (Wildman–Crippen LogP) is 1.69. The van der Waals surface area contributed by atoms with E-state index in [4.69, 9.17) is 4.18 Å². The molecule has 0 spiro atoms. The van der Waals surface area contributed by atoms with Gasteiger partial charge < -0.3 is 9.29 Å². The molecule has 0 aromatic heterocycles. The van der Waals surface area contributed by atoms with Gasteiger partial charge in [-0.2, -0.15) is 8.42 Å². The average molecular weight is 466 g/mol. The van der Waals surface area contributed by atoms with E-state index in [-0.39, 0.29) is 0 Å². The number of halogens is 1. The van der Waals surface area contributed by atoms with Crippen molar-refractivity contribution in [1.82, 2.24) is 0 Å². The summed E-state index contributed by atoms with van der Waals surface area (Å²) in [5.74, 6) is -1.21. The molecule has 1 aliphatic rings. The highest BCUT2D eigenvalue weighted by Gasteiger charge is 2.40. The van der Waals surface area contributed by atoms with Crippen molar-refractivity contribution >= 4 is 47.7 Å². The molecule has 1 heterocycles. The summed E-state index contributed by atoms with van der Waals surface area (Å²) in [5, 5.41) is 8.43. The van der Waals surface area contributed by atoms with Gasteiger partial charge in [-0.3, -0.25) is 4.79 Å². The first-order valence-corrected chi connectivity index (χ1v) is 9.97. The molecular formula is C13H7IO7S2. The van der Waals surface area contributed by atoms with Crippen LogP contribution in [-0.2, 0) is 20.0 Å². The number of hydrogen-bond acceptors (Lipinski definition) is 7. The van der Waals surface area contributed by atoms with Gasteiger partial charge in [0.05, 0.1) is 5.56 Å². The maximum absolute atomic E-state index is 12.5. The van der Waals surface area contributed by atoms with Gasteiger partial charge in [0, 0.05) is 3.57 Å². The Bertz CT molecular complexity index is 1060. The number of carbonyl (C=O) groups is 1. The van der Waals surface area contributed by atoms with Gasteiger partial charge in [0.2, 0.25) is 9.84 Å². The van der Waals surface area contributed by atoms with E-state index in [1.807, 2.05) is 0 Å². The molecule has 3 rings (SSSR count). The number of hydrogen-bond donors (Lipinski definition) is 1. The minimum absolute atomic E-state index is 0.296. The Labute approximate surface area is 145 Å². The quantitative estimate of drug-likeness (QED) is 0.464. The summed E-state index contributed by atoms with van der Waals surface area (Å²) in [6.45, 7) is 0. The molecule has 0 fully saturated rings. The van der Waals surface area contributed by atoms with Crippen molar-refractivity contribution in [2.45, 2.75) is 9.79 Å². The standard InChI is InChI=1S/C13H7IO7S2/c14-7-5-8(15)12-11(6-7)23(19,20)21-9-3-1-2-4-10(9)22(17,18)13(12)16/h1-6,15H. The van der Waals surface area contributed by atoms with Crippen LogP contribution in [0.4, 0.5) is 0 Å². The fraction of sp³-hybridized carbons (Fsp3) is 0. The van der Waals surface area contributed by atoms with Crippen LogP contribution in [0.5, 0.6) is 11.5 Å². The van der Waals surface area contributed by atoms with Gasteiger partial charge in [0.15, 0.2) is 5.75 Å². The van der Waals surface area contributed by atoms with E-state index in [2.05, 4.69) is 0 Å². The predicted molar refractivity (Wildman–Crippen MR) is 86.6 cm³/mol. The van der Waals surface area contributed by atoms with E-state index in [9.17, 15) is 26.7 Å². The lowest BCUT2D eigenvalue weighted by Gasteiger charge is -2.18. The fourth-order valence-electron chi connectivity index (χ4n) is 2.11. The van der Waals surface area contributed by atoms with E-state index in [0.29, 0.717) is 3.57 Å². The number of benzene rings is 2. The van der Waals surface area contributed by atoms with Crippen LogP contribution >= 0.6 is 22.6 Å². The SMILES string of the molecule is O=C1c2c(O)cc(I)cc2S(=O)(=O)Oc2ccccc2S1(=O)=O. The first-order chi connectivity index (χ1) is 10.6. The Kier molecular flexibility index (Phi) is 3.65. The van der Waals surface area contributed by atoms with E-state index in [1.165, 1.54) is 12.1 Å². The molecule has 2 aromatic rings. The van der Waals surface area contributed by atoms with Gasteiger partial charge in [-0.1, -0.05) is 12.1 Å². The second-order valence-corrected chi connectivity index (χ2v) is 9.15. The van der Waals surface area contributed by atoms with Crippen molar-refractivity contribution in [3.8, 4) is 11.5 Å². The average Bonchev–Trinajstić information content (AvgIpc) is 2.45. The molecule has 0 saturated carbocycles. The number of sulfone groups is 1. The Hall–Kier alpha value is -1.66. The first kappa shape index (κ1) is 16.2. The van der Waals surface area contributed by atoms with Crippen molar-refractivity contribution in [3.05, 3.63) is 45.5 Å². The van der Waals surface area contributed by atoms with Crippen LogP contribution in [0.25, 0.3) is 0 Å². The second kappa shape index (κ2) is 5.18. The molecule has 0 amide bonds. The zero-order valence-corrected chi connectivity index (χ0v) is 14.8. The summed E-state index contributed by atoms with van der Waals surface area (Å²) < 4.78 is 54.8. The lowest BCUT2D eigenvalue weighted by molar-refractivity contribution is 0.107. The molecule has 0 unspecified atom stereocenters. The highest BCUT2D eigenvalue weighted by molar-refractivity contribution is 14.1. The molecule has 23 heavy (non-hydrogen) atoms. The van der Waals surface area contributed by atoms with E-state index in [0.717, 1.165) is 24.3 Å². The zero-order valence-electron chi connectivity index (χ0n) is 11.1. The van der Waals surface area contributed by atoms with Crippen LogP contribution in [0.15, 0.2) is 46.2 Å². The van der Waals surface area contributed by atoms with Crippen LogP contribution in [0.2, 0.25) is 0 Å². The normalized spacial score (nSPS) is 18.0. The fourth-order valence-corrected chi connectivity index (χ4v) is 5.55. The third-order valence-corrected chi connectivity index (χ3v) is 6.59. The molecule has 1 aliphatic heterocycles. The number of rotatable bonds is 0. The molecule has 0 saturated heterocycles. The zero-order chi connectivity index (χ0) is 17.0. The summed E-state index contributed by atoms with van der Waals surface area (Å²) >= 11 is 1.73. The summed E-state index contributed by atoms with van der Waals surface area (Å²) in [5.41, 5.74) is -0.820. The van der Waals surface area contributed by atoms with Gasteiger partial charge in [-0.05, 0) is 46.9 Å². The van der Waals surface area contributed by atoms with Gasteiger partial charge in [0.1, 0.15) is 15.5 Å². The first-order valence-electron chi connectivity index (χ1n) is 6.00. The third kappa shape index (κ3) is 2.50. The topological polar surface area (TPSA) is 115 Å². The van der Waals surface area contributed by atoms with Gasteiger partial charge in [-0.15, -0.1) is 0 Å². The molecule has 2 aromatic carbocycles. The van der Waals surface area contributed by atoms with Crippen molar-refractivity contribution in [1.29, 1.82) is 0 Å². The van der Waals surface area contributed by atoms with E-state index in [1.54, 1.807) is 22.6 Å². The van der Waals surface area contributed by atoms with Gasteiger partial charge >= 0.3 is 10.1 Å². The smallest absolute Gasteiger partial charge is 0.340 e. The van der Waals surface area contributed by atoms with Crippen molar-refractivity contribution in [3.63, 3.8) is 0 Å². The number of phenolic OH excluding ortho intramolecular Hbond substituents is 1. The largest absolute Gasteiger partial charge is 0.507 e. The van der Waals surface area contributed by atoms with E-state index >= 15 is 0 Å². The number of para-hydroxylation sites is 1. The molecule has 120 valence electrons. The summed E-state index contributed by atoms with van der Waals surface area (Å²) in [6.07, 6.45) is 0. The van der Waals surface area contributed by atoms with Crippen LogP contribution in [0, 0.1) is 3.57 Å². The number of aromatic hydroxyl groups is 1. The summed E-state index contributed by atoms with van der Waals surface area (Å²) in [7, 11) is -9.06. The maximum atomic E-state index is 12.5. The van der Waals surface area contributed by atoms with Gasteiger partial charge in [0.25, 0.3) is 5.12 Å². The molecular weight excluding hydrogens is 459 g/mol. The maximum Gasteiger partial charge on any atom is 0.340 e. The van der Waals surface area contributed by atoms with Crippen molar-refractivity contribution in [2.24, 2.45) is 0 Å². The molecule has 0 radical (unpaired) electrons. The molecule has 7 nitrogen and oxygen atoms in total. The summed E-state index contributed by atoms with van der Waals surface area (Å²) in [4.78, 5) is 11.2. The third-order valence-electron chi connectivity index (χ3n) is 3.10. The minimum atomic E-state index is -4.57. The Morgan fingerprint density at radius 3 is 2.35 bits per heavy atom. The second-order valence-electron chi connectivity index (χ2n) is 4.57. The van der Waals surface area contributed by atoms with Gasteiger partial charge in [-0.25, -0.2) is 8.42 Å². The van der Waals surface area contributed by atoms with Crippen LogP contribution < -0.4 is 4.18 Å². The Balaban J connectivity index is 2.48. The molecule has 10 heteroatoms. The lowest BCUT2D eigenvalue weighted by atomic mass is 10.2. The van der Waals surface area contributed by atoms with Crippen molar-refractivity contribution < 1.29 is 30.9 Å². The highest BCUT2D eigenvalue weighted by Crippen LogP contribution is 2.38. The number of fused-ring (bicyclic) bond motifs is 2. The van der Waals surface area contributed by atoms with E-state index < -0.39 is 51.9 Å². The van der Waals surface area contributed by atoms with Crippen LogP contribution in [-0.4, -0.2) is 27.1 Å². The molecule has 0 aliphatic carbocycles. The highest BCUT2D eigenvalue weighted by atomic mass is 127.